The van der Waals surface area contributed by atoms with Crippen molar-refractivity contribution in [1.29, 1.82) is 0 Å². The van der Waals surface area contributed by atoms with Crippen molar-refractivity contribution in [3.8, 4) is 0 Å². The van der Waals surface area contributed by atoms with Crippen molar-refractivity contribution in [1.82, 2.24) is 5.32 Å². The second kappa shape index (κ2) is 3.72. The van der Waals surface area contributed by atoms with Gasteiger partial charge in [0.05, 0.1) is 11.3 Å². The molecule has 19 heavy (non-hydrogen) atoms. The van der Waals surface area contributed by atoms with E-state index in [1.54, 1.807) is 0 Å². The minimum Gasteiger partial charge on any atom is -0.328 e. The molecule has 0 radical (unpaired) electrons. The van der Waals surface area contributed by atoms with Crippen LogP contribution in [0.4, 0.5) is 5.69 Å². The van der Waals surface area contributed by atoms with Crippen LogP contribution in [0.1, 0.15) is 10.4 Å². The zero-order valence-corrected chi connectivity index (χ0v) is 10.2. The summed E-state index contributed by atoms with van der Waals surface area (Å²) in [6.07, 6.45) is 4.08. The van der Waals surface area contributed by atoms with Gasteiger partial charge in [0.15, 0.2) is 0 Å². The maximum Gasteiger partial charge on any atom is 0.255 e. The third-order valence-electron chi connectivity index (χ3n) is 3.62. The molecule has 2 aromatic rings. The largest absolute Gasteiger partial charge is 0.328 e. The normalized spacial score (nSPS) is 19.3. The second-order valence-corrected chi connectivity index (χ2v) is 4.77. The first-order valence-corrected chi connectivity index (χ1v) is 6.30. The third-order valence-corrected chi connectivity index (χ3v) is 3.62. The molecule has 1 amide bonds. The first-order chi connectivity index (χ1) is 9.33. The summed E-state index contributed by atoms with van der Waals surface area (Å²) in [4.78, 5) is 14.2. The highest BCUT2D eigenvalue weighted by Gasteiger charge is 2.28. The summed E-state index contributed by atoms with van der Waals surface area (Å²) in [6.45, 7) is 0. The summed E-state index contributed by atoms with van der Waals surface area (Å²) < 4.78 is 0. The van der Waals surface area contributed by atoms with Gasteiger partial charge < -0.3 is 10.2 Å². The monoisotopic (exact) mass is 248 g/mol. The second-order valence-electron chi connectivity index (χ2n) is 4.77. The van der Waals surface area contributed by atoms with Gasteiger partial charge in [0.1, 0.15) is 6.17 Å². The fourth-order valence-corrected chi connectivity index (χ4v) is 2.69. The van der Waals surface area contributed by atoms with E-state index in [9.17, 15) is 4.79 Å². The van der Waals surface area contributed by atoms with E-state index >= 15 is 0 Å². The van der Waals surface area contributed by atoms with Crippen molar-refractivity contribution in [2.24, 2.45) is 0 Å². The third kappa shape index (κ3) is 1.48. The van der Waals surface area contributed by atoms with Gasteiger partial charge >= 0.3 is 0 Å². The number of para-hydroxylation sites is 1. The summed E-state index contributed by atoms with van der Waals surface area (Å²) in [5, 5.41) is 5.34. The number of carbonyl (C=O) groups is 1. The van der Waals surface area contributed by atoms with Crippen molar-refractivity contribution in [3.05, 3.63) is 64.5 Å². The molecule has 2 aromatic carbocycles. The number of nitrogens with zero attached hydrogens (tertiary/aromatic N) is 1. The number of amides is 1. The number of hydrogen-bond donors (Lipinski definition) is 1. The zero-order chi connectivity index (χ0) is 12.8. The lowest BCUT2D eigenvalue weighted by Gasteiger charge is -2.36. The van der Waals surface area contributed by atoms with Gasteiger partial charge in [0.25, 0.3) is 5.91 Å². The Kier molecular flexibility index (Phi) is 2.03. The highest BCUT2D eigenvalue weighted by atomic mass is 16.2. The van der Waals surface area contributed by atoms with Gasteiger partial charge in [-0.25, -0.2) is 0 Å². The topological polar surface area (TPSA) is 32.3 Å². The van der Waals surface area contributed by atoms with E-state index in [0.717, 1.165) is 16.5 Å². The summed E-state index contributed by atoms with van der Waals surface area (Å²) in [5.74, 6) is -0.0131. The van der Waals surface area contributed by atoms with Crippen LogP contribution in [0, 0.1) is 0 Å². The van der Waals surface area contributed by atoms with Crippen LogP contribution >= 0.6 is 0 Å². The van der Waals surface area contributed by atoms with Crippen molar-refractivity contribution >= 4 is 23.9 Å². The molecule has 0 aliphatic carbocycles. The Bertz CT molecular complexity index is 794. The van der Waals surface area contributed by atoms with Crippen LogP contribution in [0.5, 0.6) is 0 Å². The fraction of sp³-hybridized carbons (Fsp3) is 0.0625. The van der Waals surface area contributed by atoms with Crippen molar-refractivity contribution in [2.45, 2.75) is 6.17 Å². The predicted octanol–water partition coefficient (Wildman–Crippen LogP) is 0.795. The molecule has 0 aromatic heterocycles. The molecule has 0 saturated heterocycles. The number of anilines is 1. The molecular formula is C16H12N2O. The number of nitrogens with one attached hydrogen (secondary N) is 1. The number of fused-ring (bicyclic) bond motifs is 4. The lowest BCUT2D eigenvalue weighted by Crippen LogP contribution is -2.53. The molecule has 3 heteroatoms. The Morgan fingerprint density at radius 1 is 0.947 bits per heavy atom. The molecule has 1 atom stereocenters. The molecule has 3 nitrogen and oxygen atoms in total. The number of rotatable bonds is 0. The van der Waals surface area contributed by atoms with Crippen LogP contribution in [0.15, 0.2) is 48.5 Å². The van der Waals surface area contributed by atoms with Gasteiger partial charge in [-0.1, -0.05) is 36.4 Å². The van der Waals surface area contributed by atoms with Gasteiger partial charge in [0.2, 0.25) is 0 Å². The summed E-state index contributed by atoms with van der Waals surface area (Å²) >= 11 is 0. The molecule has 2 heterocycles. The quantitative estimate of drug-likeness (QED) is 0.748. The SMILES string of the molecule is O=C1NC2C=c3ccccc3=CN2c2ccccc21. The smallest absolute Gasteiger partial charge is 0.255 e. The first kappa shape index (κ1) is 10.4. The van der Waals surface area contributed by atoms with Crippen LogP contribution < -0.4 is 20.7 Å². The average Bonchev–Trinajstić information content (AvgIpc) is 2.46. The molecule has 92 valence electrons. The van der Waals surface area contributed by atoms with Crippen LogP contribution in [0.2, 0.25) is 0 Å². The predicted molar refractivity (Wildman–Crippen MR) is 74.8 cm³/mol. The molecule has 2 aliphatic heterocycles. The lowest BCUT2D eigenvalue weighted by atomic mass is 10.0. The Morgan fingerprint density at radius 2 is 1.68 bits per heavy atom. The Labute approximate surface area is 110 Å². The fourth-order valence-electron chi connectivity index (χ4n) is 2.69. The zero-order valence-electron chi connectivity index (χ0n) is 10.2. The summed E-state index contributed by atoms with van der Waals surface area (Å²) in [7, 11) is 0. The van der Waals surface area contributed by atoms with Gasteiger partial charge in [-0.15, -0.1) is 0 Å². The summed E-state index contributed by atoms with van der Waals surface area (Å²) in [5.41, 5.74) is 1.68. The minimum atomic E-state index is -0.0997. The van der Waals surface area contributed by atoms with Gasteiger partial charge in [0, 0.05) is 6.20 Å². The Hall–Kier alpha value is -2.55. The first-order valence-electron chi connectivity index (χ1n) is 6.30. The van der Waals surface area contributed by atoms with Gasteiger partial charge in [-0.2, -0.15) is 0 Å². The van der Waals surface area contributed by atoms with E-state index in [2.05, 4.69) is 34.6 Å². The number of hydrogen-bond acceptors (Lipinski definition) is 2. The Balaban J connectivity index is 1.98. The van der Waals surface area contributed by atoms with Gasteiger partial charge in [-0.3, -0.25) is 4.79 Å². The minimum absolute atomic E-state index is 0.0131. The van der Waals surface area contributed by atoms with E-state index in [-0.39, 0.29) is 12.1 Å². The molecule has 0 fully saturated rings. The van der Waals surface area contributed by atoms with Crippen LogP contribution in [0.25, 0.3) is 12.3 Å². The van der Waals surface area contributed by atoms with Crippen molar-refractivity contribution < 1.29 is 4.79 Å². The van der Waals surface area contributed by atoms with Crippen LogP contribution in [-0.4, -0.2) is 12.1 Å². The summed E-state index contributed by atoms with van der Waals surface area (Å²) in [6, 6.07) is 15.9. The lowest BCUT2D eigenvalue weighted by molar-refractivity contribution is 0.0941. The van der Waals surface area contributed by atoms with Crippen molar-refractivity contribution in [3.63, 3.8) is 0 Å². The molecule has 0 bridgehead atoms. The molecule has 1 unspecified atom stereocenters. The molecule has 1 N–H and O–H groups in total. The van der Waals surface area contributed by atoms with Crippen LogP contribution in [-0.2, 0) is 0 Å². The molecule has 4 rings (SSSR count). The van der Waals surface area contributed by atoms with Crippen LogP contribution in [0.3, 0.4) is 0 Å². The standard InChI is InChI=1S/C16H12N2O/c19-16-13-7-3-4-8-14(13)18-10-12-6-2-1-5-11(12)9-15(18)17-16/h1-10,15H,(H,17,19). The van der Waals surface area contributed by atoms with Crippen molar-refractivity contribution in [2.75, 3.05) is 4.90 Å². The maximum atomic E-state index is 12.1. The number of benzene rings is 2. The highest BCUT2D eigenvalue weighted by molar-refractivity contribution is 6.03. The average molecular weight is 248 g/mol. The Morgan fingerprint density at radius 3 is 2.58 bits per heavy atom. The molecule has 0 spiro atoms. The van der Waals surface area contributed by atoms with E-state index in [0.29, 0.717) is 0 Å². The van der Waals surface area contributed by atoms with Gasteiger partial charge in [-0.05, 0) is 28.6 Å². The maximum absolute atomic E-state index is 12.1. The van der Waals surface area contributed by atoms with E-state index in [1.807, 2.05) is 36.4 Å². The molecular weight excluding hydrogens is 236 g/mol. The highest BCUT2D eigenvalue weighted by Crippen LogP contribution is 2.27. The molecule has 2 aliphatic rings. The van der Waals surface area contributed by atoms with E-state index in [4.69, 9.17) is 0 Å². The molecule has 0 saturated carbocycles. The van der Waals surface area contributed by atoms with E-state index in [1.165, 1.54) is 5.22 Å². The number of carbonyl (C=O) groups excluding carboxylic acids is 1. The van der Waals surface area contributed by atoms with E-state index < -0.39 is 0 Å².